The zero-order valence-electron chi connectivity index (χ0n) is 7.65. The monoisotopic (exact) mass is 213 g/mol. The van der Waals surface area contributed by atoms with Gasteiger partial charge in [0.25, 0.3) is 0 Å². The molecule has 1 rings (SSSR count). The number of benzene rings is 1. The molecule has 1 unspecified atom stereocenters. The number of ether oxygens (including phenoxy) is 1. The molecular formula is C10H12ClNO2. The fourth-order valence-electron chi connectivity index (χ4n) is 0.885. The molecule has 0 aliphatic heterocycles. The summed E-state index contributed by atoms with van der Waals surface area (Å²) in [5.41, 5.74) is 6.01. The van der Waals surface area contributed by atoms with Crippen LogP contribution in [0, 0.1) is 0 Å². The van der Waals surface area contributed by atoms with Crippen molar-refractivity contribution in [3.63, 3.8) is 0 Å². The molecular weight excluding hydrogens is 202 g/mol. The molecule has 0 heterocycles. The maximum Gasteiger partial charge on any atom is 0.338 e. The van der Waals surface area contributed by atoms with Gasteiger partial charge in [0.2, 0.25) is 0 Å². The topological polar surface area (TPSA) is 52.3 Å². The van der Waals surface area contributed by atoms with Crippen LogP contribution in [0.15, 0.2) is 30.3 Å². The van der Waals surface area contributed by atoms with Gasteiger partial charge in [0, 0.05) is 5.88 Å². The Bertz CT molecular complexity index is 289. The second kappa shape index (κ2) is 5.62. The molecule has 0 amide bonds. The van der Waals surface area contributed by atoms with E-state index < -0.39 is 0 Å². The molecule has 0 aliphatic rings. The predicted molar refractivity (Wildman–Crippen MR) is 55.4 cm³/mol. The van der Waals surface area contributed by atoms with Gasteiger partial charge < -0.3 is 10.5 Å². The summed E-state index contributed by atoms with van der Waals surface area (Å²) in [7, 11) is 0. The van der Waals surface area contributed by atoms with Crippen LogP contribution in [0.25, 0.3) is 0 Å². The Morgan fingerprint density at radius 3 is 2.64 bits per heavy atom. The Labute approximate surface area is 87.8 Å². The Morgan fingerprint density at radius 2 is 2.07 bits per heavy atom. The molecule has 0 fully saturated rings. The molecule has 1 aromatic rings. The minimum Gasteiger partial charge on any atom is -0.460 e. The lowest BCUT2D eigenvalue weighted by molar-refractivity contribution is 0.0488. The first-order valence-electron chi connectivity index (χ1n) is 4.27. The number of nitrogens with two attached hydrogens (primary N) is 1. The van der Waals surface area contributed by atoms with E-state index in [0.29, 0.717) is 5.56 Å². The molecule has 3 nitrogen and oxygen atoms in total. The van der Waals surface area contributed by atoms with Gasteiger partial charge in [-0.15, -0.1) is 11.6 Å². The molecule has 0 saturated heterocycles. The molecule has 1 atom stereocenters. The predicted octanol–water partition coefficient (Wildman–Crippen LogP) is 1.41. The molecule has 14 heavy (non-hydrogen) atoms. The minimum atomic E-state index is -0.369. The van der Waals surface area contributed by atoms with Crippen molar-refractivity contribution in [2.45, 2.75) is 6.04 Å². The summed E-state index contributed by atoms with van der Waals surface area (Å²) in [4.78, 5) is 11.3. The fourth-order valence-corrected chi connectivity index (χ4v) is 0.974. The number of esters is 1. The first-order valence-corrected chi connectivity index (χ1v) is 4.81. The highest BCUT2D eigenvalue weighted by atomic mass is 35.5. The Hall–Kier alpha value is -1.06. The van der Waals surface area contributed by atoms with Gasteiger partial charge in [-0.3, -0.25) is 0 Å². The van der Waals surface area contributed by atoms with Crippen molar-refractivity contribution in [2.75, 3.05) is 12.5 Å². The number of rotatable bonds is 4. The highest BCUT2D eigenvalue weighted by molar-refractivity contribution is 6.18. The lowest BCUT2D eigenvalue weighted by Gasteiger charge is -2.08. The van der Waals surface area contributed by atoms with E-state index >= 15 is 0 Å². The van der Waals surface area contributed by atoms with Gasteiger partial charge >= 0.3 is 5.97 Å². The van der Waals surface area contributed by atoms with Gasteiger partial charge in [-0.05, 0) is 12.1 Å². The molecule has 4 heteroatoms. The van der Waals surface area contributed by atoms with Crippen molar-refractivity contribution in [3.05, 3.63) is 35.9 Å². The summed E-state index contributed by atoms with van der Waals surface area (Å²) in [6, 6.07) is 8.46. The van der Waals surface area contributed by atoms with Crippen LogP contribution in [0.4, 0.5) is 0 Å². The Morgan fingerprint density at radius 1 is 1.43 bits per heavy atom. The van der Waals surface area contributed by atoms with Crippen molar-refractivity contribution in [1.29, 1.82) is 0 Å². The van der Waals surface area contributed by atoms with E-state index in [9.17, 15) is 4.79 Å². The van der Waals surface area contributed by atoms with E-state index in [0.717, 1.165) is 0 Å². The number of halogens is 1. The van der Waals surface area contributed by atoms with Crippen LogP contribution in [0.3, 0.4) is 0 Å². The van der Waals surface area contributed by atoms with E-state index in [1.807, 2.05) is 6.07 Å². The van der Waals surface area contributed by atoms with Crippen LogP contribution in [-0.4, -0.2) is 24.5 Å². The fraction of sp³-hybridized carbons (Fsp3) is 0.300. The standard InChI is InChI=1S/C10H12ClNO2/c11-6-9(12)7-14-10(13)8-4-2-1-3-5-8/h1-5,9H,6-7,12H2. The SMILES string of the molecule is NC(CCl)COC(=O)c1ccccc1. The van der Waals surface area contributed by atoms with Gasteiger partial charge in [0.15, 0.2) is 0 Å². The zero-order chi connectivity index (χ0) is 10.4. The van der Waals surface area contributed by atoms with Crippen molar-refractivity contribution >= 4 is 17.6 Å². The number of hydrogen-bond donors (Lipinski definition) is 1. The summed E-state index contributed by atoms with van der Waals surface area (Å²) >= 11 is 5.47. The van der Waals surface area contributed by atoms with Crippen LogP contribution >= 0.6 is 11.6 Å². The third kappa shape index (κ3) is 3.36. The molecule has 2 N–H and O–H groups in total. The number of carbonyl (C=O) groups is 1. The van der Waals surface area contributed by atoms with Gasteiger partial charge in [-0.2, -0.15) is 0 Å². The summed E-state index contributed by atoms with van der Waals surface area (Å²) < 4.78 is 4.93. The van der Waals surface area contributed by atoms with Gasteiger partial charge in [-0.25, -0.2) is 4.79 Å². The van der Waals surface area contributed by atoms with Gasteiger partial charge in [0.1, 0.15) is 6.61 Å². The number of hydrogen-bond acceptors (Lipinski definition) is 3. The summed E-state index contributed by atoms with van der Waals surface area (Å²) in [6.45, 7) is 0.150. The van der Waals surface area contributed by atoms with E-state index in [-0.39, 0.29) is 24.5 Å². The quantitative estimate of drug-likeness (QED) is 0.608. The van der Waals surface area contributed by atoms with Crippen molar-refractivity contribution in [1.82, 2.24) is 0 Å². The Balaban J connectivity index is 2.44. The second-order valence-corrected chi connectivity index (χ2v) is 3.19. The van der Waals surface area contributed by atoms with E-state index in [1.54, 1.807) is 24.3 Å². The van der Waals surface area contributed by atoms with E-state index in [4.69, 9.17) is 22.1 Å². The largest absolute Gasteiger partial charge is 0.460 e. The maximum atomic E-state index is 11.3. The molecule has 76 valence electrons. The zero-order valence-corrected chi connectivity index (χ0v) is 8.41. The first kappa shape index (κ1) is 11.0. The molecule has 0 radical (unpaired) electrons. The average molecular weight is 214 g/mol. The normalized spacial score (nSPS) is 12.1. The third-order valence-electron chi connectivity index (χ3n) is 1.64. The highest BCUT2D eigenvalue weighted by Gasteiger charge is 2.08. The van der Waals surface area contributed by atoms with Crippen LogP contribution in [0.2, 0.25) is 0 Å². The van der Waals surface area contributed by atoms with Gasteiger partial charge in [-0.1, -0.05) is 18.2 Å². The van der Waals surface area contributed by atoms with Crippen LogP contribution in [0.1, 0.15) is 10.4 Å². The molecule has 1 aromatic carbocycles. The summed E-state index contributed by atoms with van der Waals surface area (Å²) in [6.07, 6.45) is 0. The van der Waals surface area contributed by atoms with Crippen molar-refractivity contribution in [3.8, 4) is 0 Å². The van der Waals surface area contributed by atoms with Crippen LogP contribution in [0.5, 0.6) is 0 Å². The lowest BCUT2D eigenvalue weighted by atomic mass is 10.2. The first-order chi connectivity index (χ1) is 6.74. The lowest BCUT2D eigenvalue weighted by Crippen LogP contribution is -2.29. The van der Waals surface area contributed by atoms with E-state index in [1.165, 1.54) is 0 Å². The van der Waals surface area contributed by atoms with E-state index in [2.05, 4.69) is 0 Å². The molecule has 0 aliphatic carbocycles. The minimum absolute atomic E-state index is 0.150. The molecule has 0 spiro atoms. The van der Waals surface area contributed by atoms with Gasteiger partial charge in [0.05, 0.1) is 11.6 Å². The third-order valence-corrected chi connectivity index (χ3v) is 2.03. The Kier molecular flexibility index (Phi) is 4.43. The number of carbonyl (C=O) groups excluding carboxylic acids is 1. The summed E-state index contributed by atoms with van der Waals surface area (Å²) in [5, 5.41) is 0. The highest BCUT2D eigenvalue weighted by Crippen LogP contribution is 2.01. The maximum absolute atomic E-state index is 11.3. The molecule has 0 aromatic heterocycles. The molecule has 0 bridgehead atoms. The number of alkyl halides is 1. The average Bonchev–Trinajstić information content (AvgIpc) is 2.26. The smallest absolute Gasteiger partial charge is 0.338 e. The molecule has 0 saturated carbocycles. The second-order valence-electron chi connectivity index (χ2n) is 2.88. The van der Waals surface area contributed by atoms with Crippen LogP contribution in [-0.2, 0) is 4.74 Å². The summed E-state index contributed by atoms with van der Waals surface area (Å²) in [5.74, 6) is -0.0895. The van der Waals surface area contributed by atoms with Crippen LogP contribution < -0.4 is 5.73 Å². The van der Waals surface area contributed by atoms with Crippen molar-refractivity contribution < 1.29 is 9.53 Å². The van der Waals surface area contributed by atoms with Crippen molar-refractivity contribution in [2.24, 2.45) is 5.73 Å².